The first-order chi connectivity index (χ1) is 55.6. The predicted molar refractivity (Wildman–Crippen MR) is 436 cm³/mol. The smallest absolute Gasteiger partial charge is 0.337 e. The molecule has 4 aromatic rings. The standard InChI is InChI=1S/C92H120O24/c1-13-17-21-25-29-69-45-73-53-75-47-70(30-26-22-18-14-2)49-77(86(75)106-34-38-110-90(102)62(6)58-114-82(98)42-66(10)94)55-79-51-72(32-28-24-20-16-4)52-80(88(79)108-36-40-112-92(104)64(8)60-116-84(100)44-68(12)96)56-78-50-71(31-27-23-19-15-3)48-76(87(78)107-35-39-111-91(103)63(7)59-115-83(99)43-67(11)95)54-74(46-69)85(73)105-33-37-109-89(101)61(5)57-113-81(97)41-65(9)93/h45-52H,5-8,13-44,53-60H2,1-4,9-12H3. The van der Waals surface area contributed by atoms with E-state index in [1.807, 2.05) is 0 Å². The van der Waals surface area contributed by atoms with Crippen molar-refractivity contribution in [3.8, 4) is 23.0 Å². The van der Waals surface area contributed by atoms with E-state index in [-0.39, 0.29) is 101 Å². The molecule has 116 heavy (non-hydrogen) atoms. The first kappa shape index (κ1) is 96.1. The first-order valence-corrected chi connectivity index (χ1v) is 40.7. The summed E-state index contributed by atoms with van der Waals surface area (Å²) in [7, 11) is 0. The summed E-state index contributed by atoms with van der Waals surface area (Å²) in [5.74, 6) is -6.52. The van der Waals surface area contributed by atoms with E-state index < -0.39 is 123 Å². The van der Waals surface area contributed by atoms with E-state index in [1.54, 1.807) is 0 Å². The molecular weight excluding hydrogens is 1490 g/mol. The van der Waals surface area contributed by atoms with Gasteiger partial charge in [0.05, 0.1) is 22.3 Å². The number of rotatable bonds is 56. The molecular formula is C92H120O24. The molecule has 0 fully saturated rings. The summed E-state index contributed by atoms with van der Waals surface area (Å²) in [6, 6.07) is 17.1. The highest BCUT2D eigenvalue weighted by Gasteiger charge is 2.28. The molecule has 0 amide bonds. The molecule has 24 nitrogen and oxygen atoms in total. The van der Waals surface area contributed by atoms with Crippen molar-refractivity contribution in [2.45, 2.75) is 235 Å². The van der Waals surface area contributed by atoms with Crippen LogP contribution in [-0.4, -0.2) is 150 Å². The van der Waals surface area contributed by atoms with Gasteiger partial charge in [0.25, 0.3) is 0 Å². The highest BCUT2D eigenvalue weighted by Crippen LogP contribution is 2.42. The second-order valence-corrected chi connectivity index (χ2v) is 29.4. The summed E-state index contributed by atoms with van der Waals surface area (Å²) < 4.78 is 71.8. The van der Waals surface area contributed by atoms with Crippen LogP contribution in [0, 0.1) is 0 Å². The third kappa shape index (κ3) is 36.1. The van der Waals surface area contributed by atoms with Gasteiger partial charge in [0.15, 0.2) is 0 Å². The van der Waals surface area contributed by atoms with Crippen LogP contribution >= 0.6 is 0 Å². The molecule has 4 aromatic carbocycles. The van der Waals surface area contributed by atoms with Gasteiger partial charge < -0.3 is 56.8 Å². The summed E-state index contributed by atoms with van der Waals surface area (Å²) in [6.45, 7) is 24.8. The Morgan fingerprint density at radius 2 is 0.440 bits per heavy atom. The van der Waals surface area contributed by atoms with E-state index in [9.17, 15) is 57.5 Å². The maximum atomic E-state index is 13.5. The van der Waals surface area contributed by atoms with Gasteiger partial charge in [-0.25, -0.2) is 19.2 Å². The van der Waals surface area contributed by atoms with Gasteiger partial charge in [-0.2, -0.15) is 0 Å². The Bertz CT molecular complexity index is 3480. The van der Waals surface area contributed by atoms with Crippen LogP contribution in [0.3, 0.4) is 0 Å². The van der Waals surface area contributed by atoms with Gasteiger partial charge in [-0.05, 0) is 146 Å². The molecule has 1 aliphatic rings. The number of unbranched alkanes of at least 4 members (excludes halogenated alkanes) is 12. The monoisotopic (exact) mass is 1610 g/mol. The largest absolute Gasteiger partial charge is 0.489 e. The number of benzene rings is 4. The summed E-state index contributed by atoms with van der Waals surface area (Å²) in [4.78, 5) is 150. The average molecular weight is 1610 g/mol. The number of carbonyl (C=O) groups is 12. The second kappa shape index (κ2) is 52.9. The molecule has 5 rings (SSSR count). The summed E-state index contributed by atoms with van der Waals surface area (Å²) in [5.41, 5.74) is 9.22. The minimum absolute atomic E-state index is 0.167. The van der Waals surface area contributed by atoms with Crippen molar-refractivity contribution in [3.05, 3.63) is 164 Å². The molecule has 0 aliphatic heterocycles. The van der Waals surface area contributed by atoms with Crippen molar-refractivity contribution < 1.29 is 114 Å². The lowest BCUT2D eigenvalue weighted by Gasteiger charge is -2.25. The first-order valence-electron chi connectivity index (χ1n) is 40.7. The molecule has 8 bridgehead atoms. The zero-order valence-electron chi connectivity index (χ0n) is 69.5. The van der Waals surface area contributed by atoms with Crippen molar-refractivity contribution in [1.29, 1.82) is 0 Å². The minimum atomic E-state index is -0.855. The summed E-state index contributed by atoms with van der Waals surface area (Å²) in [5, 5.41) is 0. The lowest BCUT2D eigenvalue weighted by molar-refractivity contribution is -0.148. The second-order valence-electron chi connectivity index (χ2n) is 29.4. The van der Waals surface area contributed by atoms with Crippen LogP contribution < -0.4 is 18.9 Å². The fourth-order valence-corrected chi connectivity index (χ4v) is 13.0. The van der Waals surface area contributed by atoms with Crippen LogP contribution in [0.4, 0.5) is 0 Å². The number of aryl methyl sites for hydroxylation is 4. The molecule has 24 heteroatoms. The maximum absolute atomic E-state index is 13.5. The quantitative estimate of drug-likeness (QED) is 0.0115. The molecule has 0 saturated heterocycles. The molecule has 0 heterocycles. The molecule has 0 saturated carbocycles. The van der Waals surface area contributed by atoms with Crippen molar-refractivity contribution in [2.24, 2.45) is 0 Å². The van der Waals surface area contributed by atoms with Crippen LogP contribution in [-0.2, 0) is 147 Å². The van der Waals surface area contributed by atoms with E-state index in [0.717, 1.165) is 169 Å². The Kier molecular flexibility index (Phi) is 43.8. The van der Waals surface area contributed by atoms with E-state index in [2.05, 4.69) is 103 Å². The number of hydrogen-bond acceptors (Lipinski definition) is 24. The Labute approximate surface area is 683 Å². The molecule has 0 atom stereocenters. The number of hydrogen-bond donors (Lipinski definition) is 0. The molecule has 1 aliphatic carbocycles. The van der Waals surface area contributed by atoms with Gasteiger partial charge in [-0.15, -0.1) is 0 Å². The Hall–Kier alpha value is -10.5. The lowest BCUT2D eigenvalue weighted by Crippen LogP contribution is -2.19. The van der Waals surface area contributed by atoms with Gasteiger partial charge >= 0.3 is 47.8 Å². The van der Waals surface area contributed by atoms with Crippen molar-refractivity contribution in [1.82, 2.24) is 0 Å². The molecule has 632 valence electrons. The minimum Gasteiger partial charge on any atom is -0.489 e. The number of carbonyl (C=O) groups excluding carboxylic acids is 12. The number of ether oxygens (including phenoxy) is 12. The molecule has 0 aromatic heterocycles. The fourth-order valence-electron chi connectivity index (χ4n) is 13.0. The van der Waals surface area contributed by atoms with Gasteiger partial charge in [0.1, 0.15) is 151 Å². The fraction of sp³-hybridized carbons (Fsp3) is 0.522. The van der Waals surface area contributed by atoms with Crippen LogP contribution in [0.15, 0.2) is 97.1 Å². The highest BCUT2D eigenvalue weighted by molar-refractivity contribution is 5.97. The zero-order chi connectivity index (χ0) is 84.9. The molecule has 0 N–H and O–H groups in total. The number of esters is 8. The number of fused-ring (bicyclic) bond motifs is 8. The van der Waals surface area contributed by atoms with Crippen molar-refractivity contribution in [2.75, 3.05) is 79.3 Å². The van der Waals surface area contributed by atoms with Gasteiger partial charge in [0, 0.05) is 25.7 Å². The van der Waals surface area contributed by atoms with E-state index in [1.165, 1.54) is 27.7 Å². The van der Waals surface area contributed by atoms with Crippen molar-refractivity contribution in [3.63, 3.8) is 0 Å². The normalized spacial score (nSPS) is 11.4. The topological polar surface area (TPSA) is 316 Å². The average Bonchev–Trinajstić information content (AvgIpc) is 0.772. The Morgan fingerprint density at radius 1 is 0.259 bits per heavy atom. The van der Waals surface area contributed by atoms with Crippen LogP contribution in [0.2, 0.25) is 0 Å². The van der Waals surface area contributed by atoms with Crippen LogP contribution in [0.25, 0.3) is 0 Å². The van der Waals surface area contributed by atoms with Gasteiger partial charge in [0.2, 0.25) is 0 Å². The SMILES string of the molecule is C=C(COC(=O)CC(C)=O)C(=O)OCCOc1c2cc(CCCCCC)cc1Cc1cc(CCCCCC)cc(c1OCCOC(=O)C(=C)COC(=O)CC(C)=O)Cc1cc(CCCCCC)cc(c1OCCOC(=O)C(=C)COC(=O)CC(C)=O)Cc1cc(CCCCCC)cc(c1OCCOC(=O)C(=C)COC(=O)CC(C)=O)C2. The van der Waals surface area contributed by atoms with Crippen LogP contribution in [0.5, 0.6) is 23.0 Å². The van der Waals surface area contributed by atoms with Crippen molar-refractivity contribution >= 4 is 70.9 Å². The predicted octanol–water partition coefficient (Wildman–Crippen LogP) is 14.9. The third-order valence-electron chi connectivity index (χ3n) is 18.6. The van der Waals surface area contributed by atoms with E-state index >= 15 is 0 Å². The van der Waals surface area contributed by atoms with E-state index in [4.69, 9.17) is 56.8 Å². The lowest BCUT2D eigenvalue weighted by atomic mass is 9.87. The Balaban J connectivity index is 1.89. The van der Waals surface area contributed by atoms with E-state index in [0.29, 0.717) is 48.7 Å². The highest BCUT2D eigenvalue weighted by atomic mass is 16.6. The third-order valence-corrected chi connectivity index (χ3v) is 18.6. The Morgan fingerprint density at radius 3 is 0.603 bits per heavy atom. The zero-order valence-corrected chi connectivity index (χ0v) is 69.5. The maximum Gasteiger partial charge on any atom is 0.337 e. The summed E-state index contributed by atoms with van der Waals surface area (Å²) >= 11 is 0. The molecule has 0 radical (unpaired) electrons. The van der Waals surface area contributed by atoms with Gasteiger partial charge in [-0.1, -0.05) is 180 Å². The number of ketones is 4. The molecule has 0 spiro atoms. The summed E-state index contributed by atoms with van der Waals surface area (Å²) in [6.07, 6.45) is 16.8. The molecule has 0 unspecified atom stereocenters. The number of Topliss-reactive ketones (excluding diaryl/α,β-unsaturated/α-hetero) is 4. The van der Waals surface area contributed by atoms with Gasteiger partial charge in [-0.3, -0.25) is 38.4 Å². The van der Waals surface area contributed by atoms with Crippen LogP contribution in [0.1, 0.15) is 251 Å².